The maximum Gasteiger partial charge on any atom is 0.0707 e. The van der Waals surface area contributed by atoms with Gasteiger partial charge in [-0.2, -0.15) is 0 Å². The van der Waals surface area contributed by atoms with Gasteiger partial charge in [0, 0.05) is 28.8 Å². The van der Waals surface area contributed by atoms with Crippen LogP contribution >= 0.6 is 0 Å². The molecule has 0 atom stereocenters. The largest absolute Gasteiger partial charge is 0.311 e. The van der Waals surface area contributed by atoms with Crippen molar-refractivity contribution in [2.75, 3.05) is 4.90 Å². The molecular weight excluding hydrogens is 400 g/mol. The Kier molecular flexibility index (Phi) is 6.08. The minimum atomic E-state index is 0.981. The summed E-state index contributed by atoms with van der Waals surface area (Å²) in [6.45, 7) is 0. The molecule has 0 amide bonds. The van der Waals surface area contributed by atoms with E-state index in [2.05, 4.69) is 113 Å². The molecule has 0 bridgehead atoms. The third kappa shape index (κ3) is 4.91. The summed E-state index contributed by atoms with van der Waals surface area (Å²) in [7, 11) is 0. The Hall–Kier alpha value is -4.43. The van der Waals surface area contributed by atoms with Crippen LogP contribution < -0.4 is 4.90 Å². The van der Waals surface area contributed by atoms with E-state index in [0.717, 1.165) is 39.4 Å². The average Bonchev–Trinajstić information content (AvgIpc) is 2.90. The second-order valence-corrected chi connectivity index (χ2v) is 7.77. The lowest BCUT2D eigenvalue weighted by atomic mass is 10.1. The Morgan fingerprint density at radius 2 is 1.00 bits per heavy atom. The van der Waals surface area contributed by atoms with Gasteiger partial charge in [0.1, 0.15) is 0 Å². The Morgan fingerprint density at radius 1 is 0.485 bits per heavy atom. The van der Waals surface area contributed by atoms with E-state index in [1.807, 2.05) is 42.6 Å². The van der Waals surface area contributed by atoms with E-state index in [4.69, 9.17) is 0 Å². The molecule has 0 aliphatic carbocycles. The standard InChI is InChI=1S/C31H24N2/c1-4-10-27(11-5-1)31-24-26(22-23-32-31)17-16-25-18-20-30(21-19-25)33(28-12-6-2-7-13-28)29-14-8-3-9-15-29/h1-24H/b17-16+. The SMILES string of the molecule is C(=C\c1ccnc(-c2ccccc2)c1)/c1ccc(N(c2ccccc2)c2ccccc2)cc1. The number of pyridine rings is 1. The minimum Gasteiger partial charge on any atom is -0.311 e. The zero-order chi connectivity index (χ0) is 22.3. The lowest BCUT2D eigenvalue weighted by molar-refractivity contribution is 1.28. The number of hydrogen-bond acceptors (Lipinski definition) is 2. The van der Waals surface area contributed by atoms with Crippen molar-refractivity contribution >= 4 is 29.2 Å². The number of nitrogens with zero attached hydrogens (tertiary/aromatic N) is 2. The van der Waals surface area contributed by atoms with Crippen molar-refractivity contribution in [3.63, 3.8) is 0 Å². The third-order valence-corrected chi connectivity index (χ3v) is 5.50. The van der Waals surface area contributed by atoms with E-state index in [1.54, 1.807) is 0 Å². The Labute approximate surface area is 195 Å². The summed E-state index contributed by atoms with van der Waals surface area (Å²) >= 11 is 0. The molecule has 5 rings (SSSR count). The van der Waals surface area contributed by atoms with Gasteiger partial charge in [-0.1, -0.05) is 91.0 Å². The molecule has 0 spiro atoms. The first kappa shape index (κ1) is 20.5. The van der Waals surface area contributed by atoms with E-state index in [1.165, 1.54) is 0 Å². The first-order valence-corrected chi connectivity index (χ1v) is 11.1. The molecule has 0 aliphatic rings. The van der Waals surface area contributed by atoms with Gasteiger partial charge in [0.25, 0.3) is 0 Å². The van der Waals surface area contributed by atoms with Gasteiger partial charge in [-0.05, 0) is 59.7 Å². The van der Waals surface area contributed by atoms with Crippen molar-refractivity contribution in [1.82, 2.24) is 4.98 Å². The molecule has 33 heavy (non-hydrogen) atoms. The fourth-order valence-corrected chi connectivity index (χ4v) is 3.85. The molecule has 0 unspecified atom stereocenters. The molecule has 0 saturated carbocycles. The molecule has 5 aromatic rings. The molecule has 2 nitrogen and oxygen atoms in total. The second-order valence-electron chi connectivity index (χ2n) is 7.77. The quantitative estimate of drug-likeness (QED) is 0.272. The summed E-state index contributed by atoms with van der Waals surface area (Å²) < 4.78 is 0. The van der Waals surface area contributed by atoms with E-state index in [9.17, 15) is 0 Å². The van der Waals surface area contributed by atoms with Crippen LogP contribution in [0.3, 0.4) is 0 Å². The highest BCUT2D eigenvalue weighted by Gasteiger charge is 2.11. The number of rotatable bonds is 6. The van der Waals surface area contributed by atoms with Crippen molar-refractivity contribution in [1.29, 1.82) is 0 Å². The summed E-state index contributed by atoms with van der Waals surface area (Å²) in [6, 6.07) is 44.0. The summed E-state index contributed by atoms with van der Waals surface area (Å²) in [6.07, 6.45) is 6.14. The molecular formula is C31H24N2. The van der Waals surface area contributed by atoms with E-state index in [-0.39, 0.29) is 0 Å². The van der Waals surface area contributed by atoms with Crippen LogP contribution in [0.5, 0.6) is 0 Å². The maximum absolute atomic E-state index is 4.51. The summed E-state index contributed by atoms with van der Waals surface area (Å²) in [4.78, 5) is 6.78. The number of hydrogen-bond donors (Lipinski definition) is 0. The van der Waals surface area contributed by atoms with Crippen LogP contribution in [-0.2, 0) is 0 Å². The van der Waals surface area contributed by atoms with Gasteiger partial charge in [0.05, 0.1) is 5.69 Å². The number of para-hydroxylation sites is 2. The van der Waals surface area contributed by atoms with Crippen molar-refractivity contribution in [3.05, 3.63) is 145 Å². The molecule has 0 N–H and O–H groups in total. The highest BCUT2D eigenvalue weighted by molar-refractivity contribution is 5.78. The summed E-state index contributed by atoms with van der Waals surface area (Å²) in [5.74, 6) is 0. The molecule has 158 valence electrons. The van der Waals surface area contributed by atoms with Crippen LogP contribution in [-0.4, -0.2) is 4.98 Å². The first-order chi connectivity index (χ1) is 16.4. The molecule has 0 fully saturated rings. The van der Waals surface area contributed by atoms with E-state index in [0.29, 0.717) is 0 Å². The van der Waals surface area contributed by atoms with E-state index >= 15 is 0 Å². The van der Waals surface area contributed by atoms with Crippen LogP contribution in [0.2, 0.25) is 0 Å². The average molecular weight is 425 g/mol. The lowest BCUT2D eigenvalue weighted by Gasteiger charge is -2.25. The lowest BCUT2D eigenvalue weighted by Crippen LogP contribution is -2.09. The summed E-state index contributed by atoms with van der Waals surface area (Å²) in [5, 5.41) is 0. The van der Waals surface area contributed by atoms with Gasteiger partial charge >= 0.3 is 0 Å². The van der Waals surface area contributed by atoms with Gasteiger partial charge in [-0.15, -0.1) is 0 Å². The Bertz CT molecular complexity index is 1290. The Morgan fingerprint density at radius 3 is 1.61 bits per heavy atom. The summed E-state index contributed by atoms with van der Waals surface area (Å²) in [5.41, 5.74) is 7.78. The van der Waals surface area contributed by atoms with Crippen molar-refractivity contribution in [2.24, 2.45) is 0 Å². The number of anilines is 3. The van der Waals surface area contributed by atoms with Crippen LogP contribution in [0.15, 0.2) is 134 Å². The second kappa shape index (κ2) is 9.80. The highest BCUT2D eigenvalue weighted by atomic mass is 15.1. The van der Waals surface area contributed by atoms with E-state index < -0.39 is 0 Å². The van der Waals surface area contributed by atoms with Gasteiger partial charge in [0.2, 0.25) is 0 Å². The monoisotopic (exact) mass is 424 g/mol. The fraction of sp³-hybridized carbons (Fsp3) is 0. The third-order valence-electron chi connectivity index (χ3n) is 5.50. The predicted molar refractivity (Wildman–Crippen MR) is 140 cm³/mol. The Balaban J connectivity index is 1.40. The molecule has 4 aromatic carbocycles. The zero-order valence-electron chi connectivity index (χ0n) is 18.3. The molecule has 1 heterocycles. The fourth-order valence-electron chi connectivity index (χ4n) is 3.85. The smallest absolute Gasteiger partial charge is 0.0707 e. The van der Waals surface area contributed by atoms with Crippen LogP contribution in [0.25, 0.3) is 23.4 Å². The highest BCUT2D eigenvalue weighted by Crippen LogP contribution is 2.34. The van der Waals surface area contributed by atoms with Crippen LogP contribution in [0, 0.1) is 0 Å². The molecule has 1 aromatic heterocycles. The van der Waals surface area contributed by atoms with Crippen molar-refractivity contribution in [2.45, 2.75) is 0 Å². The predicted octanol–water partition coefficient (Wildman–Crippen LogP) is 8.39. The maximum atomic E-state index is 4.51. The normalized spacial score (nSPS) is 10.9. The molecule has 0 saturated heterocycles. The van der Waals surface area contributed by atoms with Crippen molar-refractivity contribution < 1.29 is 0 Å². The molecule has 0 aliphatic heterocycles. The van der Waals surface area contributed by atoms with Gasteiger partial charge < -0.3 is 4.90 Å². The molecule has 2 heteroatoms. The number of benzene rings is 4. The first-order valence-electron chi connectivity index (χ1n) is 11.1. The number of aromatic nitrogens is 1. The van der Waals surface area contributed by atoms with Crippen molar-refractivity contribution in [3.8, 4) is 11.3 Å². The zero-order valence-corrected chi connectivity index (χ0v) is 18.3. The minimum absolute atomic E-state index is 0.981. The van der Waals surface area contributed by atoms with Gasteiger partial charge in [-0.3, -0.25) is 4.98 Å². The van der Waals surface area contributed by atoms with Crippen LogP contribution in [0.4, 0.5) is 17.1 Å². The van der Waals surface area contributed by atoms with Gasteiger partial charge in [-0.25, -0.2) is 0 Å². The van der Waals surface area contributed by atoms with Crippen LogP contribution in [0.1, 0.15) is 11.1 Å². The molecule has 0 radical (unpaired) electrons. The topological polar surface area (TPSA) is 16.1 Å². The van der Waals surface area contributed by atoms with Gasteiger partial charge in [0.15, 0.2) is 0 Å².